The van der Waals surface area contributed by atoms with Crippen LogP contribution in [0.1, 0.15) is 28.8 Å². The van der Waals surface area contributed by atoms with Crippen LogP contribution in [0.4, 0.5) is 0 Å². The Labute approximate surface area is 179 Å². The lowest BCUT2D eigenvalue weighted by atomic mass is 10.0. The predicted molar refractivity (Wildman–Crippen MR) is 119 cm³/mol. The van der Waals surface area contributed by atoms with Gasteiger partial charge in [-0.1, -0.05) is 36.4 Å². The number of aldehydes is 1. The number of nitrogens with zero attached hydrogens (tertiary/aromatic N) is 3. The van der Waals surface area contributed by atoms with E-state index < -0.39 is 0 Å². The molecule has 4 aromatic rings. The van der Waals surface area contributed by atoms with Crippen molar-refractivity contribution in [2.45, 2.75) is 19.4 Å². The van der Waals surface area contributed by atoms with E-state index in [1.807, 2.05) is 42.5 Å². The quantitative estimate of drug-likeness (QED) is 0.495. The molecule has 6 heteroatoms. The Balaban J connectivity index is 1.37. The Morgan fingerprint density at radius 2 is 1.81 bits per heavy atom. The number of nitrogens with one attached hydrogen (secondary N) is 1. The van der Waals surface area contributed by atoms with E-state index in [1.54, 1.807) is 18.6 Å². The van der Waals surface area contributed by atoms with Crippen LogP contribution in [0, 0.1) is 0 Å². The van der Waals surface area contributed by atoms with Gasteiger partial charge < -0.3 is 4.74 Å². The largest absolute Gasteiger partial charge is 0.473 e. The van der Waals surface area contributed by atoms with E-state index in [9.17, 15) is 4.79 Å². The summed E-state index contributed by atoms with van der Waals surface area (Å²) in [7, 11) is 0. The summed E-state index contributed by atoms with van der Waals surface area (Å²) in [5, 5.41) is 8.99. The van der Waals surface area contributed by atoms with E-state index in [0.717, 1.165) is 51.9 Å². The van der Waals surface area contributed by atoms with Crippen LogP contribution in [-0.4, -0.2) is 26.5 Å². The van der Waals surface area contributed by atoms with Gasteiger partial charge in [-0.2, -0.15) is 5.10 Å². The number of aromatic nitrogens is 4. The maximum Gasteiger partial charge on any atom is 0.217 e. The summed E-state index contributed by atoms with van der Waals surface area (Å²) in [4.78, 5) is 20.4. The molecule has 0 fully saturated rings. The highest BCUT2D eigenvalue weighted by atomic mass is 16.5. The van der Waals surface area contributed by atoms with Crippen LogP contribution in [0.2, 0.25) is 0 Å². The van der Waals surface area contributed by atoms with Crippen LogP contribution in [0.5, 0.6) is 5.88 Å². The molecule has 1 aliphatic carbocycles. The second-order valence-electron chi connectivity index (χ2n) is 7.34. The minimum absolute atomic E-state index is 0.390. The number of fused-ring (bicyclic) bond motifs is 1. The lowest BCUT2D eigenvalue weighted by Crippen LogP contribution is -2.31. The zero-order valence-corrected chi connectivity index (χ0v) is 16.8. The van der Waals surface area contributed by atoms with Gasteiger partial charge >= 0.3 is 0 Å². The van der Waals surface area contributed by atoms with Gasteiger partial charge in [0.15, 0.2) is 6.29 Å². The molecule has 0 radical (unpaired) electrons. The molecule has 6 nitrogen and oxygen atoms in total. The number of pyridine rings is 2. The number of carbonyl (C=O) groups excluding carboxylic acids is 1. The van der Waals surface area contributed by atoms with Crippen molar-refractivity contribution >= 4 is 18.4 Å². The number of ether oxygens (including phenoxy) is 1. The molecular formula is C25H20N4O2. The zero-order chi connectivity index (χ0) is 21.0. The summed E-state index contributed by atoms with van der Waals surface area (Å²) in [6, 6.07) is 13.7. The fourth-order valence-electron chi connectivity index (χ4n) is 3.70. The van der Waals surface area contributed by atoms with E-state index in [1.165, 1.54) is 0 Å². The van der Waals surface area contributed by atoms with Crippen molar-refractivity contribution < 1.29 is 9.53 Å². The first-order valence-corrected chi connectivity index (χ1v) is 10.1. The molecule has 0 saturated heterocycles. The first-order chi connectivity index (χ1) is 15.3. The molecule has 3 aromatic heterocycles. The van der Waals surface area contributed by atoms with Gasteiger partial charge in [-0.25, -0.2) is 10.1 Å². The number of carbonyl (C=O) groups is 1. The van der Waals surface area contributed by atoms with Crippen LogP contribution in [0.15, 0.2) is 61.1 Å². The molecular weight excluding hydrogens is 388 g/mol. The molecule has 0 aliphatic heterocycles. The summed E-state index contributed by atoms with van der Waals surface area (Å²) < 4.78 is 5.96. The number of aromatic amines is 1. The number of benzene rings is 1. The highest BCUT2D eigenvalue weighted by Gasteiger charge is 2.11. The maximum absolute atomic E-state index is 11.6. The minimum Gasteiger partial charge on any atom is -0.473 e. The first-order valence-electron chi connectivity index (χ1n) is 10.1. The van der Waals surface area contributed by atoms with Crippen molar-refractivity contribution in [2.75, 3.05) is 0 Å². The van der Waals surface area contributed by atoms with E-state index in [0.29, 0.717) is 23.7 Å². The van der Waals surface area contributed by atoms with E-state index in [4.69, 9.17) is 9.72 Å². The normalized spacial score (nSPS) is 12.4. The number of rotatable bonds is 6. The van der Waals surface area contributed by atoms with Gasteiger partial charge in [0, 0.05) is 23.5 Å². The van der Waals surface area contributed by atoms with Gasteiger partial charge in [0.05, 0.1) is 22.8 Å². The molecule has 0 saturated carbocycles. The molecule has 0 spiro atoms. The van der Waals surface area contributed by atoms with E-state index in [2.05, 4.69) is 27.3 Å². The van der Waals surface area contributed by atoms with Crippen LogP contribution in [0.3, 0.4) is 0 Å². The molecule has 31 heavy (non-hydrogen) atoms. The monoisotopic (exact) mass is 408 g/mol. The smallest absolute Gasteiger partial charge is 0.217 e. The van der Waals surface area contributed by atoms with Crippen molar-refractivity contribution in [2.24, 2.45) is 0 Å². The summed E-state index contributed by atoms with van der Waals surface area (Å²) in [5.41, 5.74) is 5.11. The molecule has 0 unspecified atom stereocenters. The van der Waals surface area contributed by atoms with Crippen LogP contribution in [-0.2, 0) is 6.61 Å². The van der Waals surface area contributed by atoms with Crippen molar-refractivity contribution in [3.8, 4) is 28.3 Å². The lowest BCUT2D eigenvalue weighted by molar-refractivity contribution is 0.112. The lowest BCUT2D eigenvalue weighted by Gasteiger charge is -2.09. The highest BCUT2D eigenvalue weighted by molar-refractivity contribution is 5.85. The molecule has 1 N–H and O–H groups in total. The fourth-order valence-corrected chi connectivity index (χ4v) is 3.70. The zero-order valence-electron chi connectivity index (χ0n) is 16.8. The van der Waals surface area contributed by atoms with Crippen molar-refractivity contribution in [1.82, 2.24) is 20.2 Å². The third-order valence-electron chi connectivity index (χ3n) is 5.31. The molecule has 1 aromatic carbocycles. The Kier molecular flexibility index (Phi) is 5.10. The van der Waals surface area contributed by atoms with E-state index >= 15 is 0 Å². The van der Waals surface area contributed by atoms with Crippen LogP contribution >= 0.6 is 0 Å². The van der Waals surface area contributed by atoms with Crippen molar-refractivity contribution in [3.05, 3.63) is 82.7 Å². The highest BCUT2D eigenvalue weighted by Crippen LogP contribution is 2.28. The Hall–Kier alpha value is -4.06. The molecule has 0 bridgehead atoms. The molecule has 0 atom stereocenters. The number of hydrogen-bond donors (Lipinski definition) is 1. The third kappa shape index (κ3) is 3.88. The predicted octanol–water partition coefficient (Wildman–Crippen LogP) is 3.28. The Morgan fingerprint density at radius 3 is 2.61 bits per heavy atom. The molecule has 1 aliphatic rings. The summed E-state index contributed by atoms with van der Waals surface area (Å²) in [5.74, 6) is 0.613. The first kappa shape index (κ1) is 18.9. The number of hydrogen-bond acceptors (Lipinski definition) is 5. The van der Waals surface area contributed by atoms with Gasteiger partial charge in [-0.3, -0.25) is 9.78 Å². The Morgan fingerprint density at radius 1 is 1.00 bits per heavy atom. The molecule has 0 amide bonds. The van der Waals surface area contributed by atoms with Crippen LogP contribution in [0.25, 0.3) is 34.5 Å². The maximum atomic E-state index is 11.6. The summed E-state index contributed by atoms with van der Waals surface area (Å²) in [6.45, 7) is 0.390. The molecule has 3 heterocycles. The third-order valence-corrected chi connectivity index (χ3v) is 5.31. The number of H-pyrrole nitrogens is 1. The van der Waals surface area contributed by atoms with E-state index in [-0.39, 0.29) is 0 Å². The van der Waals surface area contributed by atoms with Gasteiger partial charge in [-0.15, -0.1) is 0 Å². The second kappa shape index (κ2) is 8.36. The Bertz CT molecular complexity index is 1340. The summed E-state index contributed by atoms with van der Waals surface area (Å²) in [6.07, 6.45) is 12.3. The average molecular weight is 408 g/mol. The van der Waals surface area contributed by atoms with Gasteiger partial charge in [0.25, 0.3) is 0 Å². The molecule has 5 rings (SSSR count). The standard InChI is InChI=1S/C25H20N4O2/c30-15-21-13-20-3-1-2-4-23(20)28-24(21)19-7-5-17(6-8-19)16-31-25-22(14-27-29-25)18-9-11-26-12-10-18/h3-15H,1-2,16H2,(H,27,29). The minimum atomic E-state index is 0.390. The average Bonchev–Trinajstić information content (AvgIpc) is 3.31. The van der Waals surface area contributed by atoms with Gasteiger partial charge in [0.1, 0.15) is 6.61 Å². The SMILES string of the molecule is O=Cc1cc2c(nc1-c1ccc(COc3[nH]ncc3-c3ccncc3)cc1)=CCCC=2. The fraction of sp³-hybridized carbons (Fsp3) is 0.120. The topological polar surface area (TPSA) is 80.8 Å². The van der Waals surface area contributed by atoms with Gasteiger partial charge in [0.2, 0.25) is 5.88 Å². The second-order valence-corrected chi connectivity index (χ2v) is 7.34. The van der Waals surface area contributed by atoms with Crippen molar-refractivity contribution in [3.63, 3.8) is 0 Å². The van der Waals surface area contributed by atoms with Crippen molar-refractivity contribution in [1.29, 1.82) is 0 Å². The van der Waals surface area contributed by atoms with Crippen LogP contribution < -0.4 is 15.3 Å². The summed E-state index contributed by atoms with van der Waals surface area (Å²) >= 11 is 0. The van der Waals surface area contributed by atoms with Gasteiger partial charge in [-0.05, 0) is 47.4 Å². The molecule has 152 valence electrons.